The highest BCUT2D eigenvalue weighted by molar-refractivity contribution is 6.10. The van der Waals surface area contributed by atoms with Crippen molar-refractivity contribution in [2.75, 3.05) is 19.5 Å². The fourth-order valence-corrected chi connectivity index (χ4v) is 2.99. The van der Waals surface area contributed by atoms with E-state index in [0.29, 0.717) is 22.7 Å². The Kier molecular flexibility index (Phi) is 4.22. The molecular weight excluding hydrogens is 322 g/mol. The molecule has 2 aromatic carbocycles. The highest BCUT2D eigenvalue weighted by atomic mass is 16.5. The smallest absolute Gasteiger partial charge is 0.261 e. The molecule has 1 aliphatic rings. The number of carbonyl (C=O) groups excluding carboxylic acids is 2. The molecule has 1 aliphatic heterocycles. The molecule has 1 amide bonds. The summed E-state index contributed by atoms with van der Waals surface area (Å²) in [6.45, 7) is 1.86. The Morgan fingerprint density at radius 2 is 1.92 bits per heavy atom. The zero-order valence-electron chi connectivity index (χ0n) is 14.3. The van der Waals surface area contributed by atoms with Gasteiger partial charge in [0.1, 0.15) is 11.5 Å². The van der Waals surface area contributed by atoms with Crippen LogP contribution in [0.25, 0.3) is 0 Å². The van der Waals surface area contributed by atoms with Crippen molar-refractivity contribution in [2.24, 2.45) is 0 Å². The van der Waals surface area contributed by atoms with Gasteiger partial charge in [-0.15, -0.1) is 0 Å². The van der Waals surface area contributed by atoms with Crippen molar-refractivity contribution in [2.45, 2.75) is 18.9 Å². The van der Waals surface area contributed by atoms with Crippen LogP contribution in [0.2, 0.25) is 0 Å². The first kappa shape index (κ1) is 17.0. The lowest BCUT2D eigenvalue weighted by atomic mass is 9.87. The molecule has 2 N–H and O–H groups in total. The molecule has 0 bridgehead atoms. The van der Waals surface area contributed by atoms with Gasteiger partial charge in [0.15, 0.2) is 11.4 Å². The van der Waals surface area contributed by atoms with Gasteiger partial charge in [0, 0.05) is 17.3 Å². The first-order valence-corrected chi connectivity index (χ1v) is 7.79. The van der Waals surface area contributed by atoms with Gasteiger partial charge < -0.3 is 19.9 Å². The Labute approximate surface area is 145 Å². The molecule has 0 saturated carbocycles. The Balaban J connectivity index is 1.96. The van der Waals surface area contributed by atoms with E-state index in [0.717, 1.165) is 5.56 Å². The highest BCUT2D eigenvalue weighted by Gasteiger charge is 2.47. The van der Waals surface area contributed by atoms with Crippen LogP contribution in [0.3, 0.4) is 0 Å². The van der Waals surface area contributed by atoms with Crippen molar-refractivity contribution >= 4 is 17.4 Å². The van der Waals surface area contributed by atoms with Crippen LogP contribution in [0.1, 0.15) is 27.9 Å². The molecule has 0 saturated heterocycles. The molecule has 130 valence electrons. The minimum atomic E-state index is -1.90. The van der Waals surface area contributed by atoms with E-state index < -0.39 is 17.3 Å². The number of methoxy groups -OCH3 is 2. The number of hydrogen-bond acceptors (Lipinski definition) is 5. The van der Waals surface area contributed by atoms with Gasteiger partial charge in [0.25, 0.3) is 5.91 Å². The Morgan fingerprint density at radius 1 is 1.16 bits per heavy atom. The van der Waals surface area contributed by atoms with Crippen LogP contribution >= 0.6 is 0 Å². The van der Waals surface area contributed by atoms with Crippen LogP contribution in [-0.2, 0) is 10.4 Å². The first-order valence-electron chi connectivity index (χ1n) is 7.79. The normalized spacial score (nSPS) is 18.5. The molecule has 6 heteroatoms. The van der Waals surface area contributed by atoms with E-state index in [-0.39, 0.29) is 12.0 Å². The number of amides is 1. The van der Waals surface area contributed by atoms with Crippen LogP contribution in [0.15, 0.2) is 36.4 Å². The van der Waals surface area contributed by atoms with Crippen molar-refractivity contribution < 1.29 is 24.2 Å². The molecule has 2 aromatic rings. The van der Waals surface area contributed by atoms with Crippen molar-refractivity contribution in [3.05, 3.63) is 53.1 Å². The first-order chi connectivity index (χ1) is 11.9. The summed E-state index contributed by atoms with van der Waals surface area (Å²) >= 11 is 0. The standard InChI is InChI=1S/C19H19NO5/c1-11-4-7-15-14(8-11)19(23,18(22)20-15)10-16(21)13-6-5-12(24-2)9-17(13)25-3/h4-9,23H,10H2,1-3H3,(H,20,22). The molecule has 6 nitrogen and oxygen atoms in total. The molecule has 0 aromatic heterocycles. The predicted molar refractivity (Wildman–Crippen MR) is 92.2 cm³/mol. The number of anilines is 1. The molecule has 1 unspecified atom stereocenters. The number of carbonyl (C=O) groups is 2. The lowest BCUT2D eigenvalue weighted by molar-refractivity contribution is -0.133. The van der Waals surface area contributed by atoms with Gasteiger partial charge in [-0.25, -0.2) is 0 Å². The third-order valence-electron chi connectivity index (χ3n) is 4.37. The number of benzene rings is 2. The second-order valence-electron chi connectivity index (χ2n) is 6.03. The third-order valence-corrected chi connectivity index (χ3v) is 4.37. The second kappa shape index (κ2) is 6.22. The van der Waals surface area contributed by atoms with Crippen molar-refractivity contribution in [3.8, 4) is 11.5 Å². The number of ketones is 1. The number of aliphatic hydroxyl groups is 1. The maximum Gasteiger partial charge on any atom is 0.261 e. The van der Waals surface area contributed by atoms with E-state index in [1.165, 1.54) is 14.2 Å². The van der Waals surface area contributed by atoms with Crippen molar-refractivity contribution in [1.29, 1.82) is 0 Å². The molecular formula is C19H19NO5. The number of hydrogen-bond donors (Lipinski definition) is 2. The molecule has 0 aliphatic carbocycles. The summed E-state index contributed by atoms with van der Waals surface area (Å²) in [5.74, 6) is -0.122. The Hall–Kier alpha value is -2.86. The number of nitrogens with one attached hydrogen (secondary N) is 1. The molecule has 0 radical (unpaired) electrons. The zero-order valence-corrected chi connectivity index (χ0v) is 14.3. The summed E-state index contributed by atoms with van der Waals surface area (Å²) < 4.78 is 10.4. The van der Waals surface area contributed by atoms with Gasteiger partial charge in [-0.1, -0.05) is 17.7 Å². The predicted octanol–water partition coefficient (Wildman–Crippen LogP) is 2.42. The molecule has 0 fully saturated rings. The fourth-order valence-electron chi connectivity index (χ4n) is 2.99. The van der Waals surface area contributed by atoms with Crippen LogP contribution in [-0.4, -0.2) is 31.0 Å². The summed E-state index contributed by atoms with van der Waals surface area (Å²) in [5.41, 5.74) is 0.211. The van der Waals surface area contributed by atoms with Crippen LogP contribution < -0.4 is 14.8 Å². The number of rotatable bonds is 5. The third kappa shape index (κ3) is 2.85. The topological polar surface area (TPSA) is 84.9 Å². The van der Waals surface area contributed by atoms with Crippen LogP contribution in [0.4, 0.5) is 5.69 Å². The van der Waals surface area contributed by atoms with E-state index in [9.17, 15) is 14.7 Å². The number of ether oxygens (including phenoxy) is 2. The van der Waals surface area contributed by atoms with Gasteiger partial charge in [0.05, 0.1) is 26.2 Å². The van der Waals surface area contributed by atoms with Gasteiger partial charge in [-0.05, 0) is 25.1 Å². The van der Waals surface area contributed by atoms with Crippen molar-refractivity contribution in [1.82, 2.24) is 0 Å². The van der Waals surface area contributed by atoms with Crippen LogP contribution in [0, 0.1) is 6.92 Å². The summed E-state index contributed by atoms with van der Waals surface area (Å²) in [7, 11) is 2.96. The van der Waals surface area contributed by atoms with Gasteiger partial charge in [0.2, 0.25) is 0 Å². The lowest BCUT2D eigenvalue weighted by Crippen LogP contribution is -2.36. The molecule has 0 spiro atoms. The molecule has 25 heavy (non-hydrogen) atoms. The lowest BCUT2D eigenvalue weighted by Gasteiger charge is -2.21. The van der Waals surface area contributed by atoms with Gasteiger partial charge >= 0.3 is 0 Å². The number of fused-ring (bicyclic) bond motifs is 1. The van der Waals surface area contributed by atoms with Gasteiger partial charge in [-0.3, -0.25) is 9.59 Å². The Bertz CT molecular complexity index is 861. The van der Waals surface area contributed by atoms with E-state index in [2.05, 4.69) is 5.32 Å². The largest absolute Gasteiger partial charge is 0.497 e. The summed E-state index contributed by atoms with van der Waals surface area (Å²) in [6.07, 6.45) is -0.377. The summed E-state index contributed by atoms with van der Waals surface area (Å²) in [6, 6.07) is 10.0. The summed E-state index contributed by atoms with van der Waals surface area (Å²) in [4.78, 5) is 25.1. The average Bonchev–Trinajstić information content (AvgIpc) is 2.84. The van der Waals surface area contributed by atoms with Gasteiger partial charge in [-0.2, -0.15) is 0 Å². The zero-order chi connectivity index (χ0) is 18.2. The fraction of sp³-hybridized carbons (Fsp3) is 0.263. The number of Topliss-reactive ketones (excluding diaryl/α,β-unsaturated/α-hetero) is 1. The summed E-state index contributed by atoms with van der Waals surface area (Å²) in [5, 5.41) is 13.6. The Morgan fingerprint density at radius 3 is 2.60 bits per heavy atom. The molecule has 1 atom stereocenters. The van der Waals surface area contributed by atoms with E-state index in [4.69, 9.17) is 9.47 Å². The minimum Gasteiger partial charge on any atom is -0.497 e. The maximum atomic E-state index is 12.8. The van der Waals surface area contributed by atoms with E-state index >= 15 is 0 Å². The van der Waals surface area contributed by atoms with E-state index in [1.54, 1.807) is 30.3 Å². The average molecular weight is 341 g/mol. The quantitative estimate of drug-likeness (QED) is 0.816. The van der Waals surface area contributed by atoms with Crippen molar-refractivity contribution in [3.63, 3.8) is 0 Å². The second-order valence-corrected chi connectivity index (χ2v) is 6.03. The molecule has 3 rings (SSSR count). The SMILES string of the molecule is COc1ccc(C(=O)CC2(O)C(=O)Nc3ccc(C)cc32)c(OC)c1. The van der Waals surface area contributed by atoms with E-state index in [1.807, 2.05) is 13.0 Å². The highest BCUT2D eigenvalue weighted by Crippen LogP contribution is 2.40. The monoisotopic (exact) mass is 341 g/mol. The van der Waals surface area contributed by atoms with Crippen LogP contribution in [0.5, 0.6) is 11.5 Å². The maximum absolute atomic E-state index is 12.8. The molecule has 1 heterocycles. The minimum absolute atomic E-state index is 0.283. The number of aryl methyl sites for hydroxylation is 1.